The fourth-order valence-corrected chi connectivity index (χ4v) is 2.07. The van der Waals surface area contributed by atoms with Crippen LogP contribution in [-0.2, 0) is 0 Å². The zero-order valence-corrected chi connectivity index (χ0v) is 9.30. The van der Waals surface area contributed by atoms with Gasteiger partial charge in [-0.3, -0.25) is 0 Å². The Morgan fingerprint density at radius 1 is 1.50 bits per heavy atom. The van der Waals surface area contributed by atoms with Crippen LogP contribution in [0.4, 0.5) is 0 Å². The SMILES string of the molecule is CC(C#N)c1cc(Br)cc2cc[nH]c12. The molecule has 1 aromatic heterocycles. The number of aromatic nitrogens is 1. The lowest BCUT2D eigenvalue weighted by Crippen LogP contribution is -1.91. The molecule has 0 aliphatic carbocycles. The van der Waals surface area contributed by atoms with E-state index in [-0.39, 0.29) is 5.92 Å². The maximum atomic E-state index is 8.90. The van der Waals surface area contributed by atoms with Crippen molar-refractivity contribution in [2.45, 2.75) is 12.8 Å². The lowest BCUT2D eigenvalue weighted by Gasteiger charge is -2.05. The highest BCUT2D eigenvalue weighted by Crippen LogP contribution is 2.28. The van der Waals surface area contributed by atoms with E-state index in [1.54, 1.807) is 0 Å². The van der Waals surface area contributed by atoms with Crippen LogP contribution in [0.3, 0.4) is 0 Å². The summed E-state index contributed by atoms with van der Waals surface area (Å²) in [7, 11) is 0. The second kappa shape index (κ2) is 3.47. The third-order valence-corrected chi connectivity index (χ3v) is 2.77. The molecule has 1 aromatic carbocycles. The highest BCUT2D eigenvalue weighted by atomic mass is 79.9. The maximum Gasteiger partial charge on any atom is 0.0705 e. The second-order valence-electron chi connectivity index (χ2n) is 3.29. The number of fused-ring (bicyclic) bond motifs is 1. The van der Waals surface area contributed by atoms with E-state index in [1.807, 2.05) is 31.3 Å². The topological polar surface area (TPSA) is 39.6 Å². The van der Waals surface area contributed by atoms with Crippen molar-refractivity contribution >= 4 is 26.8 Å². The molecule has 1 atom stereocenters. The van der Waals surface area contributed by atoms with Crippen molar-refractivity contribution in [3.63, 3.8) is 0 Å². The van der Waals surface area contributed by atoms with Crippen LogP contribution in [0.2, 0.25) is 0 Å². The Hall–Kier alpha value is -1.27. The van der Waals surface area contributed by atoms with Gasteiger partial charge in [-0.25, -0.2) is 0 Å². The lowest BCUT2D eigenvalue weighted by atomic mass is 10.0. The number of nitrogens with zero attached hydrogens (tertiary/aromatic N) is 1. The van der Waals surface area contributed by atoms with E-state index in [1.165, 1.54) is 0 Å². The average molecular weight is 249 g/mol. The van der Waals surface area contributed by atoms with Crippen molar-refractivity contribution < 1.29 is 0 Å². The molecule has 1 heterocycles. The van der Waals surface area contributed by atoms with Crippen molar-refractivity contribution in [2.75, 3.05) is 0 Å². The molecule has 0 radical (unpaired) electrons. The molecule has 14 heavy (non-hydrogen) atoms. The number of aromatic amines is 1. The van der Waals surface area contributed by atoms with Gasteiger partial charge in [0.05, 0.1) is 17.5 Å². The van der Waals surface area contributed by atoms with E-state index in [9.17, 15) is 0 Å². The molecular weight excluding hydrogens is 240 g/mol. The summed E-state index contributed by atoms with van der Waals surface area (Å²) in [5.41, 5.74) is 2.10. The fraction of sp³-hybridized carbons (Fsp3) is 0.182. The Kier molecular flexibility index (Phi) is 2.30. The number of rotatable bonds is 1. The van der Waals surface area contributed by atoms with E-state index in [0.29, 0.717) is 0 Å². The summed E-state index contributed by atoms with van der Waals surface area (Å²) in [5.74, 6) is -0.0892. The van der Waals surface area contributed by atoms with Gasteiger partial charge >= 0.3 is 0 Å². The minimum absolute atomic E-state index is 0.0892. The van der Waals surface area contributed by atoms with Crippen LogP contribution in [0, 0.1) is 11.3 Å². The Labute approximate surface area is 90.7 Å². The summed E-state index contributed by atoms with van der Waals surface area (Å²) in [6.07, 6.45) is 1.89. The first-order valence-corrected chi connectivity index (χ1v) is 5.18. The summed E-state index contributed by atoms with van der Waals surface area (Å²) in [4.78, 5) is 3.16. The van der Waals surface area contributed by atoms with Crippen LogP contribution in [0.15, 0.2) is 28.9 Å². The van der Waals surface area contributed by atoms with E-state index < -0.39 is 0 Å². The molecule has 0 aliphatic rings. The Balaban J connectivity index is 2.74. The van der Waals surface area contributed by atoms with E-state index in [2.05, 4.69) is 27.0 Å². The first-order valence-electron chi connectivity index (χ1n) is 4.38. The third-order valence-electron chi connectivity index (χ3n) is 2.31. The van der Waals surface area contributed by atoms with Crippen molar-refractivity contribution in [3.05, 3.63) is 34.4 Å². The molecule has 1 N–H and O–H groups in total. The minimum atomic E-state index is -0.0892. The molecule has 0 bridgehead atoms. The zero-order valence-electron chi connectivity index (χ0n) is 7.71. The molecule has 0 saturated heterocycles. The predicted molar refractivity (Wildman–Crippen MR) is 60.0 cm³/mol. The predicted octanol–water partition coefficient (Wildman–Crippen LogP) is 3.56. The summed E-state index contributed by atoms with van der Waals surface area (Å²) in [6, 6.07) is 8.29. The maximum absolute atomic E-state index is 8.90. The molecule has 1 unspecified atom stereocenters. The minimum Gasteiger partial charge on any atom is -0.361 e. The molecule has 2 aromatic rings. The van der Waals surface area contributed by atoms with Crippen LogP contribution in [0.5, 0.6) is 0 Å². The Bertz CT molecular complexity index is 507. The van der Waals surface area contributed by atoms with Gasteiger partial charge in [0.1, 0.15) is 0 Å². The summed E-state index contributed by atoms with van der Waals surface area (Å²) in [6.45, 7) is 1.90. The highest BCUT2D eigenvalue weighted by molar-refractivity contribution is 9.10. The lowest BCUT2D eigenvalue weighted by molar-refractivity contribution is 0.988. The fourth-order valence-electron chi connectivity index (χ4n) is 1.57. The number of hydrogen-bond acceptors (Lipinski definition) is 1. The average Bonchev–Trinajstić information content (AvgIpc) is 2.62. The normalized spacial score (nSPS) is 12.6. The van der Waals surface area contributed by atoms with Crippen molar-refractivity contribution in [3.8, 4) is 6.07 Å². The smallest absolute Gasteiger partial charge is 0.0705 e. The highest BCUT2D eigenvalue weighted by Gasteiger charge is 2.10. The number of halogens is 1. The molecule has 3 heteroatoms. The molecular formula is C11H9BrN2. The number of nitrogens with one attached hydrogen (secondary N) is 1. The number of H-pyrrole nitrogens is 1. The first kappa shape index (κ1) is 9.29. The van der Waals surface area contributed by atoms with Crippen LogP contribution < -0.4 is 0 Å². The summed E-state index contributed by atoms with van der Waals surface area (Å²) in [5, 5.41) is 10.0. The number of hydrogen-bond donors (Lipinski definition) is 1. The van der Waals surface area contributed by atoms with Gasteiger partial charge in [0.15, 0.2) is 0 Å². The molecule has 70 valence electrons. The third kappa shape index (κ3) is 1.42. The van der Waals surface area contributed by atoms with Gasteiger partial charge in [-0.15, -0.1) is 0 Å². The van der Waals surface area contributed by atoms with Gasteiger partial charge < -0.3 is 4.98 Å². The van der Waals surface area contributed by atoms with Gasteiger partial charge in [0.2, 0.25) is 0 Å². The zero-order chi connectivity index (χ0) is 10.1. The molecule has 2 nitrogen and oxygen atoms in total. The van der Waals surface area contributed by atoms with Gasteiger partial charge in [-0.2, -0.15) is 5.26 Å². The van der Waals surface area contributed by atoms with Gasteiger partial charge in [0, 0.05) is 16.1 Å². The molecule has 0 aliphatic heterocycles. The molecule has 0 fully saturated rings. The second-order valence-corrected chi connectivity index (χ2v) is 4.20. The van der Waals surface area contributed by atoms with E-state index in [0.717, 1.165) is 20.9 Å². The van der Waals surface area contributed by atoms with Crippen molar-refractivity contribution in [1.82, 2.24) is 4.98 Å². The van der Waals surface area contributed by atoms with E-state index >= 15 is 0 Å². The molecule has 0 amide bonds. The summed E-state index contributed by atoms with van der Waals surface area (Å²) < 4.78 is 1.02. The first-order chi connectivity index (χ1) is 6.72. The van der Waals surface area contributed by atoms with Gasteiger partial charge in [-0.1, -0.05) is 15.9 Å². The van der Waals surface area contributed by atoms with Crippen molar-refractivity contribution in [1.29, 1.82) is 5.26 Å². The molecule has 2 rings (SSSR count). The van der Waals surface area contributed by atoms with Crippen LogP contribution in [0.1, 0.15) is 18.4 Å². The number of nitriles is 1. The number of benzene rings is 1. The van der Waals surface area contributed by atoms with E-state index in [4.69, 9.17) is 5.26 Å². The quantitative estimate of drug-likeness (QED) is 0.824. The van der Waals surface area contributed by atoms with Gasteiger partial charge in [-0.05, 0) is 30.7 Å². The van der Waals surface area contributed by atoms with Gasteiger partial charge in [0.25, 0.3) is 0 Å². The summed E-state index contributed by atoms with van der Waals surface area (Å²) >= 11 is 3.44. The van der Waals surface area contributed by atoms with Crippen LogP contribution in [-0.4, -0.2) is 4.98 Å². The van der Waals surface area contributed by atoms with Crippen LogP contribution >= 0.6 is 15.9 Å². The monoisotopic (exact) mass is 248 g/mol. The molecule has 0 spiro atoms. The molecule has 0 saturated carbocycles. The standard InChI is InChI=1S/C11H9BrN2/c1-7(6-13)10-5-9(12)4-8-2-3-14-11(8)10/h2-5,7,14H,1H3. The van der Waals surface area contributed by atoms with Crippen molar-refractivity contribution in [2.24, 2.45) is 0 Å². The Morgan fingerprint density at radius 3 is 3.00 bits per heavy atom. The Morgan fingerprint density at radius 2 is 2.29 bits per heavy atom. The van der Waals surface area contributed by atoms with Crippen LogP contribution in [0.25, 0.3) is 10.9 Å². The largest absolute Gasteiger partial charge is 0.361 e.